The highest BCUT2D eigenvalue weighted by Gasteiger charge is 2.09. The van der Waals surface area contributed by atoms with Gasteiger partial charge in [-0.3, -0.25) is 5.10 Å². The summed E-state index contributed by atoms with van der Waals surface area (Å²) in [6, 6.07) is 3.44. The van der Waals surface area contributed by atoms with Gasteiger partial charge in [0.25, 0.3) is 0 Å². The summed E-state index contributed by atoms with van der Waals surface area (Å²) in [6.45, 7) is 3.59. The Balaban J connectivity index is 2.24. The summed E-state index contributed by atoms with van der Waals surface area (Å²) >= 11 is 0. The highest BCUT2D eigenvalue weighted by molar-refractivity contribution is 5.62. The van der Waals surface area contributed by atoms with Gasteiger partial charge in [-0.05, 0) is 25.1 Å². The Morgan fingerprint density at radius 3 is 2.61 bits per heavy atom. The zero-order valence-corrected chi connectivity index (χ0v) is 10.1. The molecule has 1 aromatic carbocycles. The van der Waals surface area contributed by atoms with Crippen LogP contribution in [0.25, 0.3) is 11.3 Å². The lowest BCUT2D eigenvalue weighted by atomic mass is 10.1. The third-order valence-corrected chi connectivity index (χ3v) is 2.61. The molecule has 0 aliphatic carbocycles. The zero-order valence-electron chi connectivity index (χ0n) is 10.1. The highest BCUT2D eigenvalue weighted by Crippen LogP contribution is 2.23. The lowest BCUT2D eigenvalue weighted by Gasteiger charge is -2.05. The number of halogens is 2. The molecule has 0 aliphatic heterocycles. The number of nitrogens with zero attached hydrogens (tertiary/aromatic N) is 1. The molecule has 2 aromatic rings. The molecule has 2 rings (SSSR count). The van der Waals surface area contributed by atoms with Crippen LogP contribution >= 0.6 is 0 Å². The molecule has 0 saturated heterocycles. The average molecular weight is 251 g/mol. The average Bonchev–Trinajstić information content (AvgIpc) is 2.76. The third kappa shape index (κ3) is 2.92. The minimum Gasteiger partial charge on any atom is -0.313 e. The predicted octanol–water partition coefficient (Wildman–Crippen LogP) is 2.85. The Bertz CT molecular complexity index is 502. The van der Waals surface area contributed by atoms with E-state index in [9.17, 15) is 8.78 Å². The lowest BCUT2D eigenvalue weighted by Crippen LogP contribution is -2.13. The Labute approximate surface area is 104 Å². The van der Waals surface area contributed by atoms with Crippen LogP contribution in [0.5, 0.6) is 0 Å². The first-order chi connectivity index (χ1) is 8.70. The van der Waals surface area contributed by atoms with Gasteiger partial charge < -0.3 is 5.32 Å². The number of benzene rings is 1. The van der Waals surface area contributed by atoms with Crippen LogP contribution < -0.4 is 5.32 Å². The molecule has 0 spiro atoms. The molecule has 18 heavy (non-hydrogen) atoms. The number of aromatic amines is 1. The second-order valence-electron chi connectivity index (χ2n) is 4.11. The van der Waals surface area contributed by atoms with Crippen molar-refractivity contribution in [2.75, 3.05) is 6.54 Å². The fraction of sp³-hybridized carbons (Fsp3) is 0.308. The van der Waals surface area contributed by atoms with Crippen LogP contribution in [0.15, 0.2) is 24.4 Å². The van der Waals surface area contributed by atoms with Crippen LogP contribution in [-0.4, -0.2) is 16.7 Å². The predicted molar refractivity (Wildman–Crippen MR) is 65.9 cm³/mol. The largest absolute Gasteiger partial charge is 0.313 e. The smallest absolute Gasteiger partial charge is 0.126 e. The molecule has 3 nitrogen and oxygen atoms in total. The van der Waals surface area contributed by atoms with Gasteiger partial charge in [-0.25, -0.2) is 8.78 Å². The number of H-pyrrole nitrogens is 1. The number of nitrogens with one attached hydrogen (secondary N) is 2. The molecule has 96 valence electrons. The van der Waals surface area contributed by atoms with Gasteiger partial charge in [0, 0.05) is 23.7 Å². The van der Waals surface area contributed by atoms with E-state index in [0.717, 1.165) is 24.6 Å². The van der Waals surface area contributed by atoms with Gasteiger partial charge in [0.15, 0.2) is 0 Å². The SMILES string of the molecule is CCCNCc1cn[nH]c1-c1cc(F)cc(F)c1. The summed E-state index contributed by atoms with van der Waals surface area (Å²) < 4.78 is 26.3. The van der Waals surface area contributed by atoms with Crippen molar-refractivity contribution >= 4 is 0 Å². The van der Waals surface area contributed by atoms with Crippen LogP contribution in [0, 0.1) is 11.6 Å². The summed E-state index contributed by atoms with van der Waals surface area (Å²) in [5.74, 6) is -1.18. The van der Waals surface area contributed by atoms with Crippen molar-refractivity contribution in [3.8, 4) is 11.3 Å². The first-order valence-electron chi connectivity index (χ1n) is 5.90. The fourth-order valence-electron chi connectivity index (χ4n) is 1.79. The van der Waals surface area contributed by atoms with E-state index in [2.05, 4.69) is 22.4 Å². The Morgan fingerprint density at radius 2 is 1.94 bits per heavy atom. The second-order valence-corrected chi connectivity index (χ2v) is 4.11. The quantitative estimate of drug-likeness (QED) is 0.802. The normalized spacial score (nSPS) is 10.8. The third-order valence-electron chi connectivity index (χ3n) is 2.61. The van der Waals surface area contributed by atoms with Crippen molar-refractivity contribution in [3.63, 3.8) is 0 Å². The van der Waals surface area contributed by atoms with Crippen molar-refractivity contribution < 1.29 is 8.78 Å². The monoisotopic (exact) mass is 251 g/mol. The number of aromatic nitrogens is 2. The summed E-state index contributed by atoms with van der Waals surface area (Å²) in [4.78, 5) is 0. The van der Waals surface area contributed by atoms with Crippen molar-refractivity contribution in [1.82, 2.24) is 15.5 Å². The van der Waals surface area contributed by atoms with Crippen LogP contribution in [0.4, 0.5) is 8.78 Å². The van der Waals surface area contributed by atoms with Crippen LogP contribution in [0.3, 0.4) is 0 Å². The van der Waals surface area contributed by atoms with E-state index in [4.69, 9.17) is 0 Å². The van der Waals surface area contributed by atoms with E-state index >= 15 is 0 Å². The van der Waals surface area contributed by atoms with Crippen LogP contribution in [-0.2, 0) is 6.54 Å². The van der Waals surface area contributed by atoms with Crippen molar-refractivity contribution in [1.29, 1.82) is 0 Å². The molecule has 0 aliphatic rings. The van der Waals surface area contributed by atoms with Gasteiger partial charge in [0.1, 0.15) is 11.6 Å². The molecule has 0 amide bonds. The molecule has 0 radical (unpaired) electrons. The van der Waals surface area contributed by atoms with E-state index < -0.39 is 11.6 Å². The summed E-state index contributed by atoms with van der Waals surface area (Å²) in [5.41, 5.74) is 2.02. The summed E-state index contributed by atoms with van der Waals surface area (Å²) in [5, 5.41) is 9.94. The number of rotatable bonds is 5. The van der Waals surface area contributed by atoms with E-state index in [-0.39, 0.29) is 0 Å². The standard InChI is InChI=1S/C13H15F2N3/c1-2-3-16-7-10-8-17-18-13(10)9-4-11(14)6-12(15)5-9/h4-6,8,16H,2-3,7H2,1H3,(H,17,18). The maximum absolute atomic E-state index is 13.2. The van der Waals surface area contributed by atoms with E-state index in [0.29, 0.717) is 17.8 Å². The molecule has 2 N–H and O–H groups in total. The number of hydrogen-bond donors (Lipinski definition) is 2. The molecular weight excluding hydrogens is 236 g/mol. The Hall–Kier alpha value is -1.75. The molecule has 1 aromatic heterocycles. The molecule has 0 atom stereocenters. The molecule has 0 saturated carbocycles. The van der Waals surface area contributed by atoms with Gasteiger partial charge in [0.2, 0.25) is 0 Å². The molecule has 0 unspecified atom stereocenters. The highest BCUT2D eigenvalue weighted by atomic mass is 19.1. The summed E-state index contributed by atoms with van der Waals surface area (Å²) in [6.07, 6.45) is 2.70. The van der Waals surface area contributed by atoms with Gasteiger partial charge in [-0.1, -0.05) is 6.92 Å². The van der Waals surface area contributed by atoms with E-state index in [1.807, 2.05) is 0 Å². The maximum atomic E-state index is 13.2. The topological polar surface area (TPSA) is 40.7 Å². The Kier molecular flexibility index (Phi) is 4.04. The van der Waals surface area contributed by atoms with Gasteiger partial charge in [0.05, 0.1) is 11.9 Å². The molecular formula is C13H15F2N3. The maximum Gasteiger partial charge on any atom is 0.126 e. The minimum atomic E-state index is -0.591. The van der Waals surface area contributed by atoms with Gasteiger partial charge in [-0.2, -0.15) is 5.10 Å². The zero-order chi connectivity index (χ0) is 13.0. The van der Waals surface area contributed by atoms with Crippen LogP contribution in [0.1, 0.15) is 18.9 Å². The molecule has 0 bridgehead atoms. The van der Waals surface area contributed by atoms with E-state index in [1.54, 1.807) is 6.20 Å². The van der Waals surface area contributed by atoms with Gasteiger partial charge >= 0.3 is 0 Å². The van der Waals surface area contributed by atoms with Crippen LogP contribution in [0.2, 0.25) is 0 Å². The minimum absolute atomic E-state index is 0.471. The van der Waals surface area contributed by atoms with E-state index in [1.165, 1.54) is 12.1 Å². The lowest BCUT2D eigenvalue weighted by molar-refractivity contribution is 0.584. The Morgan fingerprint density at radius 1 is 1.22 bits per heavy atom. The first kappa shape index (κ1) is 12.7. The van der Waals surface area contributed by atoms with Gasteiger partial charge in [-0.15, -0.1) is 0 Å². The molecule has 0 fully saturated rings. The van der Waals surface area contributed by atoms with Crippen molar-refractivity contribution in [3.05, 3.63) is 41.6 Å². The summed E-state index contributed by atoms with van der Waals surface area (Å²) in [7, 11) is 0. The first-order valence-corrected chi connectivity index (χ1v) is 5.90. The van der Waals surface area contributed by atoms with Crippen molar-refractivity contribution in [2.45, 2.75) is 19.9 Å². The molecule has 5 heteroatoms. The fourth-order valence-corrected chi connectivity index (χ4v) is 1.79. The second kappa shape index (κ2) is 5.73. The number of hydrogen-bond acceptors (Lipinski definition) is 2. The molecule has 1 heterocycles. The van der Waals surface area contributed by atoms with Crippen molar-refractivity contribution in [2.24, 2.45) is 0 Å².